The van der Waals surface area contributed by atoms with E-state index in [2.05, 4.69) is 10.6 Å². The average molecular weight is 414 g/mol. The third-order valence-electron chi connectivity index (χ3n) is 4.07. The van der Waals surface area contributed by atoms with Gasteiger partial charge in [-0.15, -0.1) is 0 Å². The van der Waals surface area contributed by atoms with Crippen molar-refractivity contribution in [2.24, 2.45) is 5.92 Å². The Morgan fingerprint density at radius 2 is 1.53 bits per heavy atom. The van der Waals surface area contributed by atoms with Crippen molar-refractivity contribution >= 4 is 23.5 Å². The molecule has 0 aromatic heterocycles. The maximum Gasteiger partial charge on any atom is 0.329 e. The monoisotopic (exact) mass is 414 g/mol. The first-order chi connectivity index (χ1) is 14.4. The minimum atomic E-state index is -0.898. The van der Waals surface area contributed by atoms with E-state index in [1.165, 1.54) is 0 Å². The Kier molecular flexibility index (Phi) is 8.68. The smallest absolute Gasteiger partial charge is 0.329 e. The van der Waals surface area contributed by atoms with Gasteiger partial charge in [-0.1, -0.05) is 32.0 Å². The molecule has 0 aliphatic rings. The fourth-order valence-electron chi connectivity index (χ4n) is 2.48. The summed E-state index contributed by atoms with van der Waals surface area (Å²) in [5.41, 5.74) is 0.545. The van der Waals surface area contributed by atoms with E-state index in [4.69, 9.17) is 14.2 Å². The molecule has 0 aliphatic carbocycles. The van der Waals surface area contributed by atoms with E-state index in [1.54, 1.807) is 69.5 Å². The van der Waals surface area contributed by atoms with Crippen LogP contribution in [0.3, 0.4) is 0 Å². The van der Waals surface area contributed by atoms with E-state index in [1.807, 2.05) is 6.07 Å². The van der Waals surface area contributed by atoms with Crippen LogP contribution in [0.1, 0.15) is 13.8 Å². The second-order valence-electron chi connectivity index (χ2n) is 6.78. The number of carbonyl (C=O) groups excluding carboxylic acids is 3. The van der Waals surface area contributed by atoms with Crippen molar-refractivity contribution in [3.8, 4) is 11.5 Å². The highest BCUT2D eigenvalue weighted by atomic mass is 16.5. The number of para-hydroxylation sites is 1. The van der Waals surface area contributed by atoms with Gasteiger partial charge < -0.3 is 24.8 Å². The molecule has 0 saturated carbocycles. The van der Waals surface area contributed by atoms with Gasteiger partial charge in [-0.05, 0) is 42.3 Å². The Balaban J connectivity index is 1.80. The first-order valence-electron chi connectivity index (χ1n) is 9.46. The second-order valence-corrected chi connectivity index (χ2v) is 6.78. The Labute approximate surface area is 175 Å². The van der Waals surface area contributed by atoms with Crippen LogP contribution in [0.2, 0.25) is 0 Å². The number of ether oxygens (including phenoxy) is 3. The lowest BCUT2D eigenvalue weighted by molar-refractivity contribution is -0.152. The molecule has 160 valence electrons. The van der Waals surface area contributed by atoms with Gasteiger partial charge in [-0.25, -0.2) is 4.79 Å². The van der Waals surface area contributed by atoms with E-state index in [0.29, 0.717) is 17.2 Å². The first kappa shape index (κ1) is 22.7. The van der Waals surface area contributed by atoms with Crippen LogP contribution in [0.4, 0.5) is 5.69 Å². The predicted molar refractivity (Wildman–Crippen MR) is 111 cm³/mol. The number of hydrogen-bond donors (Lipinski definition) is 2. The molecule has 0 radical (unpaired) electrons. The number of rotatable bonds is 10. The highest BCUT2D eigenvalue weighted by Gasteiger charge is 2.26. The molecule has 8 nitrogen and oxygen atoms in total. The number of esters is 1. The van der Waals surface area contributed by atoms with Gasteiger partial charge in [0.1, 0.15) is 17.5 Å². The Morgan fingerprint density at radius 1 is 0.867 bits per heavy atom. The summed E-state index contributed by atoms with van der Waals surface area (Å²) >= 11 is 0. The van der Waals surface area contributed by atoms with Gasteiger partial charge in [0, 0.05) is 5.69 Å². The van der Waals surface area contributed by atoms with Gasteiger partial charge in [0.2, 0.25) is 0 Å². The fourth-order valence-corrected chi connectivity index (χ4v) is 2.48. The minimum Gasteiger partial charge on any atom is -0.497 e. The van der Waals surface area contributed by atoms with Crippen molar-refractivity contribution in [3.63, 3.8) is 0 Å². The molecule has 8 heteroatoms. The van der Waals surface area contributed by atoms with Crippen LogP contribution in [0, 0.1) is 5.92 Å². The standard InChI is InChI=1S/C22H26N2O6/c1-15(2)21(24-20(26)13-29-18-7-5-4-6-8-18)22(27)30-14-19(25)23-16-9-11-17(28-3)12-10-16/h4-12,15,21H,13-14H2,1-3H3,(H,23,25)(H,24,26)/t21-/m0/s1. The lowest BCUT2D eigenvalue weighted by Gasteiger charge is -2.20. The van der Waals surface area contributed by atoms with Crippen molar-refractivity contribution in [1.82, 2.24) is 5.32 Å². The summed E-state index contributed by atoms with van der Waals surface area (Å²) in [6, 6.07) is 14.7. The number of anilines is 1. The summed E-state index contributed by atoms with van der Waals surface area (Å²) in [6.45, 7) is 2.83. The molecule has 2 N–H and O–H groups in total. The average Bonchev–Trinajstić information content (AvgIpc) is 2.75. The van der Waals surface area contributed by atoms with Gasteiger partial charge >= 0.3 is 5.97 Å². The Hall–Kier alpha value is -3.55. The van der Waals surface area contributed by atoms with Crippen molar-refractivity contribution in [1.29, 1.82) is 0 Å². The maximum absolute atomic E-state index is 12.4. The zero-order valence-corrected chi connectivity index (χ0v) is 17.2. The zero-order chi connectivity index (χ0) is 21.9. The fraction of sp³-hybridized carbons (Fsp3) is 0.318. The van der Waals surface area contributed by atoms with Crippen molar-refractivity contribution in [2.75, 3.05) is 25.6 Å². The summed E-state index contributed by atoms with van der Waals surface area (Å²) in [7, 11) is 1.55. The molecule has 2 amide bonds. The van der Waals surface area contributed by atoms with Crippen LogP contribution >= 0.6 is 0 Å². The number of methoxy groups -OCH3 is 1. The maximum atomic E-state index is 12.4. The third kappa shape index (κ3) is 7.46. The summed E-state index contributed by atoms with van der Waals surface area (Å²) in [5, 5.41) is 5.21. The minimum absolute atomic E-state index is 0.233. The van der Waals surface area contributed by atoms with E-state index in [-0.39, 0.29) is 12.5 Å². The van der Waals surface area contributed by atoms with Gasteiger partial charge in [0.15, 0.2) is 13.2 Å². The molecule has 0 heterocycles. The van der Waals surface area contributed by atoms with E-state index in [0.717, 1.165) is 0 Å². The summed E-state index contributed by atoms with van der Waals surface area (Å²) in [4.78, 5) is 36.5. The molecule has 2 aromatic carbocycles. The summed E-state index contributed by atoms with van der Waals surface area (Å²) in [5.74, 6) is -0.671. The molecule has 0 fully saturated rings. The van der Waals surface area contributed by atoms with E-state index < -0.39 is 30.4 Å². The summed E-state index contributed by atoms with van der Waals surface area (Å²) in [6.07, 6.45) is 0. The number of nitrogens with one attached hydrogen (secondary N) is 2. The van der Waals surface area contributed by atoms with Crippen molar-refractivity contribution in [2.45, 2.75) is 19.9 Å². The SMILES string of the molecule is COc1ccc(NC(=O)COC(=O)[C@@H](NC(=O)COc2ccccc2)C(C)C)cc1. The van der Waals surface area contributed by atoms with Crippen LogP contribution in [0.25, 0.3) is 0 Å². The molecule has 0 bridgehead atoms. The normalized spacial score (nSPS) is 11.3. The molecule has 0 unspecified atom stereocenters. The number of amides is 2. The van der Waals surface area contributed by atoms with Gasteiger partial charge in [-0.2, -0.15) is 0 Å². The highest BCUT2D eigenvalue weighted by Crippen LogP contribution is 2.15. The number of benzene rings is 2. The molecule has 0 aliphatic heterocycles. The highest BCUT2D eigenvalue weighted by molar-refractivity contribution is 5.93. The van der Waals surface area contributed by atoms with Gasteiger partial charge in [0.25, 0.3) is 11.8 Å². The van der Waals surface area contributed by atoms with Crippen molar-refractivity contribution in [3.05, 3.63) is 54.6 Å². The molecular weight excluding hydrogens is 388 g/mol. The van der Waals surface area contributed by atoms with Crippen molar-refractivity contribution < 1.29 is 28.6 Å². The predicted octanol–water partition coefficient (Wildman–Crippen LogP) is 2.40. The quantitative estimate of drug-likeness (QED) is 0.579. The first-order valence-corrected chi connectivity index (χ1v) is 9.46. The molecule has 30 heavy (non-hydrogen) atoms. The molecule has 2 aromatic rings. The largest absolute Gasteiger partial charge is 0.497 e. The van der Waals surface area contributed by atoms with Crippen LogP contribution in [-0.2, 0) is 19.1 Å². The van der Waals surface area contributed by atoms with Gasteiger partial charge in [-0.3, -0.25) is 9.59 Å². The van der Waals surface area contributed by atoms with Gasteiger partial charge in [0.05, 0.1) is 7.11 Å². The second kappa shape index (κ2) is 11.5. The van der Waals surface area contributed by atoms with Crippen LogP contribution in [-0.4, -0.2) is 44.1 Å². The zero-order valence-electron chi connectivity index (χ0n) is 17.2. The number of carbonyl (C=O) groups is 3. The van der Waals surface area contributed by atoms with Crippen LogP contribution in [0.5, 0.6) is 11.5 Å². The molecule has 0 saturated heterocycles. The van der Waals surface area contributed by atoms with E-state index in [9.17, 15) is 14.4 Å². The number of hydrogen-bond acceptors (Lipinski definition) is 6. The van der Waals surface area contributed by atoms with Crippen LogP contribution < -0.4 is 20.1 Å². The summed E-state index contributed by atoms with van der Waals surface area (Å²) < 4.78 is 15.5. The molecule has 1 atom stereocenters. The Morgan fingerprint density at radius 3 is 2.13 bits per heavy atom. The molecule has 2 rings (SSSR count). The third-order valence-corrected chi connectivity index (χ3v) is 4.07. The molecule has 0 spiro atoms. The lowest BCUT2D eigenvalue weighted by Crippen LogP contribution is -2.47. The van der Waals surface area contributed by atoms with Crippen LogP contribution in [0.15, 0.2) is 54.6 Å². The molecular formula is C22H26N2O6. The Bertz CT molecular complexity index is 836. The lowest BCUT2D eigenvalue weighted by atomic mass is 10.0. The van der Waals surface area contributed by atoms with E-state index >= 15 is 0 Å². The topological polar surface area (TPSA) is 103 Å².